The molecule has 0 bridgehead atoms. The summed E-state index contributed by atoms with van der Waals surface area (Å²) in [6, 6.07) is 1.32. The van der Waals surface area contributed by atoms with Gasteiger partial charge in [0, 0.05) is 6.04 Å². The van der Waals surface area contributed by atoms with Crippen molar-refractivity contribution in [1.82, 2.24) is 14.5 Å². The lowest BCUT2D eigenvalue weighted by Crippen LogP contribution is -2.20. The molecule has 0 aliphatic heterocycles. The molecule has 0 radical (unpaired) electrons. The Morgan fingerprint density at radius 1 is 1.47 bits per heavy atom. The van der Waals surface area contributed by atoms with Crippen molar-refractivity contribution in [2.24, 2.45) is 0 Å². The number of aromatic nitrogens is 3. The second-order valence-corrected chi connectivity index (χ2v) is 4.93. The molecule has 3 aromatic heterocycles. The Kier molecular flexibility index (Phi) is 2.04. The fourth-order valence-electron chi connectivity index (χ4n) is 2.28. The van der Waals surface area contributed by atoms with E-state index in [0.29, 0.717) is 11.0 Å². The van der Waals surface area contributed by atoms with Crippen LogP contribution in [0.3, 0.4) is 0 Å². The molecular formula is C12H7ClFN3O2. The fraction of sp³-hybridized carbons (Fsp3) is 0.250. The van der Waals surface area contributed by atoms with Crippen molar-refractivity contribution in [1.29, 1.82) is 0 Å². The SMILES string of the molecule is O=c1c2ncoc2c2cc(F)c(Cl)nc2n1C1CC1. The Balaban J connectivity index is 2.30. The van der Waals surface area contributed by atoms with Gasteiger partial charge in [0.05, 0.1) is 5.39 Å². The lowest BCUT2D eigenvalue weighted by molar-refractivity contribution is 0.601. The third kappa shape index (κ3) is 1.43. The minimum atomic E-state index is -0.645. The molecular weight excluding hydrogens is 273 g/mol. The Labute approximate surface area is 110 Å². The van der Waals surface area contributed by atoms with Crippen LogP contribution in [0.25, 0.3) is 22.1 Å². The molecule has 4 rings (SSSR count). The van der Waals surface area contributed by atoms with Gasteiger partial charge in [-0.2, -0.15) is 0 Å². The van der Waals surface area contributed by atoms with Gasteiger partial charge in [-0.05, 0) is 18.9 Å². The number of nitrogens with zero attached hydrogens (tertiary/aromatic N) is 3. The van der Waals surface area contributed by atoms with E-state index in [2.05, 4.69) is 9.97 Å². The quantitative estimate of drug-likeness (QED) is 0.643. The topological polar surface area (TPSA) is 60.9 Å². The van der Waals surface area contributed by atoms with E-state index in [9.17, 15) is 9.18 Å². The molecule has 0 unspecified atom stereocenters. The lowest BCUT2D eigenvalue weighted by atomic mass is 10.2. The molecule has 19 heavy (non-hydrogen) atoms. The van der Waals surface area contributed by atoms with Crippen LogP contribution in [0.2, 0.25) is 5.15 Å². The molecule has 1 aliphatic rings. The molecule has 0 spiro atoms. The number of oxazole rings is 1. The van der Waals surface area contributed by atoms with Crippen LogP contribution in [0, 0.1) is 5.82 Å². The van der Waals surface area contributed by atoms with E-state index in [4.69, 9.17) is 16.0 Å². The van der Waals surface area contributed by atoms with Crippen LogP contribution in [0.15, 0.2) is 21.7 Å². The van der Waals surface area contributed by atoms with Gasteiger partial charge in [-0.15, -0.1) is 0 Å². The predicted octanol–water partition coefficient (Wildman–Crippen LogP) is 2.67. The number of rotatable bonds is 1. The summed E-state index contributed by atoms with van der Waals surface area (Å²) in [5, 5.41) is 0.168. The van der Waals surface area contributed by atoms with E-state index < -0.39 is 5.82 Å². The molecule has 5 nitrogen and oxygen atoms in total. The molecule has 3 aromatic rings. The minimum Gasteiger partial charge on any atom is -0.442 e. The molecule has 0 N–H and O–H groups in total. The fourth-order valence-corrected chi connectivity index (χ4v) is 2.41. The van der Waals surface area contributed by atoms with Crippen molar-refractivity contribution in [3.63, 3.8) is 0 Å². The number of hydrogen-bond acceptors (Lipinski definition) is 4. The van der Waals surface area contributed by atoms with Crippen molar-refractivity contribution < 1.29 is 8.81 Å². The average molecular weight is 280 g/mol. The third-order valence-corrected chi connectivity index (χ3v) is 3.55. The Bertz CT molecular complexity index is 882. The van der Waals surface area contributed by atoms with Gasteiger partial charge in [-0.1, -0.05) is 11.6 Å². The largest absolute Gasteiger partial charge is 0.442 e. The highest BCUT2D eigenvalue weighted by molar-refractivity contribution is 6.30. The zero-order valence-corrected chi connectivity index (χ0v) is 10.3. The average Bonchev–Trinajstić information content (AvgIpc) is 3.08. The number of fused-ring (bicyclic) bond motifs is 3. The van der Waals surface area contributed by atoms with E-state index in [1.807, 2.05) is 0 Å². The van der Waals surface area contributed by atoms with Crippen LogP contribution in [0.5, 0.6) is 0 Å². The molecule has 0 amide bonds. The maximum atomic E-state index is 13.6. The highest BCUT2D eigenvalue weighted by atomic mass is 35.5. The first-order valence-electron chi connectivity index (χ1n) is 5.80. The molecule has 3 heterocycles. The van der Waals surface area contributed by atoms with Crippen LogP contribution in [0.4, 0.5) is 4.39 Å². The Morgan fingerprint density at radius 2 is 2.26 bits per heavy atom. The maximum absolute atomic E-state index is 13.6. The molecule has 1 saturated carbocycles. The van der Waals surface area contributed by atoms with Gasteiger partial charge in [-0.3, -0.25) is 9.36 Å². The zero-order valence-electron chi connectivity index (χ0n) is 9.56. The van der Waals surface area contributed by atoms with Crippen LogP contribution >= 0.6 is 11.6 Å². The summed E-state index contributed by atoms with van der Waals surface area (Å²) in [5.41, 5.74) is 0.528. The van der Waals surface area contributed by atoms with Crippen molar-refractivity contribution in [2.75, 3.05) is 0 Å². The Morgan fingerprint density at radius 3 is 3.00 bits per heavy atom. The standard InChI is InChI=1S/C12H7ClFN3O2/c13-10-7(14)3-6-9-8(15-4-19-9)12(18)17(5-1-2-5)11(6)16-10/h3-5H,1-2H2. The van der Waals surface area contributed by atoms with Crippen LogP contribution in [0.1, 0.15) is 18.9 Å². The summed E-state index contributed by atoms with van der Waals surface area (Å²) in [5.74, 6) is -0.645. The van der Waals surface area contributed by atoms with E-state index in [1.165, 1.54) is 17.0 Å². The van der Waals surface area contributed by atoms with Gasteiger partial charge < -0.3 is 4.42 Å². The summed E-state index contributed by atoms with van der Waals surface area (Å²) < 4.78 is 20.3. The van der Waals surface area contributed by atoms with Gasteiger partial charge in [0.15, 0.2) is 28.5 Å². The number of pyridine rings is 2. The van der Waals surface area contributed by atoms with E-state index in [1.54, 1.807) is 0 Å². The summed E-state index contributed by atoms with van der Waals surface area (Å²) in [7, 11) is 0. The number of hydrogen-bond donors (Lipinski definition) is 0. The summed E-state index contributed by atoms with van der Waals surface area (Å²) in [4.78, 5) is 20.2. The molecule has 1 aliphatic carbocycles. The summed E-state index contributed by atoms with van der Waals surface area (Å²) in [6.45, 7) is 0. The monoisotopic (exact) mass is 279 g/mol. The molecule has 1 fully saturated rings. The van der Waals surface area contributed by atoms with Crippen LogP contribution in [-0.2, 0) is 0 Å². The molecule has 0 aromatic carbocycles. The molecule has 0 saturated heterocycles. The summed E-state index contributed by atoms with van der Waals surface area (Å²) >= 11 is 5.71. The van der Waals surface area contributed by atoms with Crippen LogP contribution in [-0.4, -0.2) is 14.5 Å². The van der Waals surface area contributed by atoms with Crippen LogP contribution < -0.4 is 5.56 Å². The van der Waals surface area contributed by atoms with Crippen molar-refractivity contribution in [3.05, 3.63) is 33.8 Å². The van der Waals surface area contributed by atoms with Gasteiger partial charge >= 0.3 is 0 Å². The van der Waals surface area contributed by atoms with E-state index in [-0.39, 0.29) is 27.9 Å². The van der Waals surface area contributed by atoms with Gasteiger partial charge in [-0.25, -0.2) is 14.4 Å². The van der Waals surface area contributed by atoms with Gasteiger partial charge in [0.25, 0.3) is 5.56 Å². The second kappa shape index (κ2) is 3.54. The smallest absolute Gasteiger partial charge is 0.282 e. The zero-order chi connectivity index (χ0) is 13.1. The highest BCUT2D eigenvalue weighted by Crippen LogP contribution is 2.37. The molecule has 7 heteroatoms. The maximum Gasteiger partial charge on any atom is 0.282 e. The van der Waals surface area contributed by atoms with E-state index in [0.717, 1.165) is 12.8 Å². The lowest BCUT2D eigenvalue weighted by Gasteiger charge is -2.08. The predicted molar refractivity (Wildman–Crippen MR) is 66.8 cm³/mol. The summed E-state index contributed by atoms with van der Waals surface area (Å²) in [6.07, 6.45) is 2.97. The molecule has 96 valence electrons. The highest BCUT2D eigenvalue weighted by Gasteiger charge is 2.29. The van der Waals surface area contributed by atoms with Gasteiger partial charge in [0.2, 0.25) is 0 Å². The van der Waals surface area contributed by atoms with E-state index >= 15 is 0 Å². The normalized spacial score (nSPS) is 15.5. The number of halogens is 2. The first-order chi connectivity index (χ1) is 9.16. The molecule has 0 atom stereocenters. The van der Waals surface area contributed by atoms with Gasteiger partial charge in [0.1, 0.15) is 5.65 Å². The van der Waals surface area contributed by atoms with Crippen molar-refractivity contribution >= 4 is 33.7 Å². The first kappa shape index (κ1) is 10.9. The Hall–Kier alpha value is -1.95. The third-order valence-electron chi connectivity index (χ3n) is 3.29. The first-order valence-corrected chi connectivity index (χ1v) is 6.18. The van der Waals surface area contributed by atoms with Crippen molar-refractivity contribution in [2.45, 2.75) is 18.9 Å². The minimum absolute atomic E-state index is 0.0881. The second-order valence-electron chi connectivity index (χ2n) is 4.57. The van der Waals surface area contributed by atoms with Crippen molar-refractivity contribution in [3.8, 4) is 0 Å².